The zero-order chi connectivity index (χ0) is 19.4. The molecule has 0 saturated heterocycles. The van der Waals surface area contributed by atoms with Crippen molar-refractivity contribution in [3.8, 4) is 11.3 Å². The van der Waals surface area contributed by atoms with E-state index < -0.39 is 0 Å². The van der Waals surface area contributed by atoms with E-state index in [0.717, 1.165) is 27.2 Å². The number of allylic oxidation sites excluding steroid dienone is 1. The van der Waals surface area contributed by atoms with Gasteiger partial charge in [0.25, 0.3) is 0 Å². The van der Waals surface area contributed by atoms with Gasteiger partial charge in [-0.3, -0.25) is 9.59 Å². The first-order valence-electron chi connectivity index (χ1n) is 8.89. The zero-order valence-electron chi connectivity index (χ0n) is 15.3. The maximum Gasteiger partial charge on any atom is 0.238 e. The smallest absolute Gasteiger partial charge is 0.238 e. The molecule has 0 fully saturated rings. The molecular formula is C23H15NO3S. The van der Waals surface area contributed by atoms with Crippen molar-refractivity contribution in [2.45, 2.75) is 13.8 Å². The van der Waals surface area contributed by atoms with Crippen LogP contribution >= 0.6 is 11.3 Å². The minimum Gasteiger partial charge on any atom is -0.437 e. The first kappa shape index (κ1) is 16.8. The third kappa shape index (κ3) is 2.55. The summed E-state index contributed by atoms with van der Waals surface area (Å²) >= 11 is 1.40. The van der Waals surface area contributed by atoms with Gasteiger partial charge in [-0.1, -0.05) is 30.3 Å². The van der Waals surface area contributed by atoms with E-state index in [2.05, 4.69) is 4.98 Å². The van der Waals surface area contributed by atoms with Crippen LogP contribution in [0.3, 0.4) is 0 Å². The molecule has 4 aromatic rings. The number of Topliss-reactive ketones (excluding diaryl/α,β-unsaturated/α-hetero) is 2. The Kier molecular flexibility index (Phi) is 3.67. The Morgan fingerprint density at radius 2 is 1.57 bits per heavy atom. The van der Waals surface area contributed by atoms with Gasteiger partial charge in [0, 0.05) is 22.8 Å². The van der Waals surface area contributed by atoms with Crippen LogP contribution < -0.4 is 0 Å². The number of aromatic nitrogens is 1. The van der Waals surface area contributed by atoms with E-state index in [1.54, 1.807) is 18.2 Å². The number of carbonyl (C=O) groups excluding carboxylic acids is 2. The molecule has 2 aromatic heterocycles. The highest BCUT2D eigenvalue weighted by Gasteiger charge is 2.33. The summed E-state index contributed by atoms with van der Waals surface area (Å²) in [5.74, 6) is 0.278. The van der Waals surface area contributed by atoms with Gasteiger partial charge in [0.05, 0.1) is 10.3 Å². The number of fused-ring (bicyclic) bond motifs is 2. The fourth-order valence-electron chi connectivity index (χ4n) is 3.40. The number of thiazole rings is 1. The topological polar surface area (TPSA) is 60.2 Å². The highest BCUT2D eigenvalue weighted by atomic mass is 32.1. The highest BCUT2D eigenvalue weighted by Crippen LogP contribution is 2.34. The van der Waals surface area contributed by atoms with E-state index in [0.29, 0.717) is 21.8 Å². The number of hydrogen-bond acceptors (Lipinski definition) is 5. The van der Waals surface area contributed by atoms with Crippen LogP contribution in [-0.2, 0) is 0 Å². The molecule has 2 aromatic carbocycles. The minimum atomic E-state index is -0.236. The number of furan rings is 1. The maximum atomic E-state index is 12.7. The molecule has 2 heterocycles. The second-order valence-electron chi connectivity index (χ2n) is 6.90. The molecule has 5 rings (SSSR count). The normalized spacial score (nSPS) is 13.4. The van der Waals surface area contributed by atoms with Gasteiger partial charge in [0.1, 0.15) is 10.8 Å². The van der Waals surface area contributed by atoms with Crippen LogP contribution in [0.1, 0.15) is 36.9 Å². The number of benzene rings is 2. The average molecular weight is 385 g/mol. The highest BCUT2D eigenvalue weighted by molar-refractivity contribution is 7.19. The second kappa shape index (κ2) is 6.11. The van der Waals surface area contributed by atoms with E-state index >= 15 is 0 Å². The van der Waals surface area contributed by atoms with Gasteiger partial charge in [-0.15, -0.1) is 11.3 Å². The summed E-state index contributed by atoms with van der Waals surface area (Å²) in [6.07, 6.45) is 1.58. The van der Waals surface area contributed by atoms with Crippen molar-refractivity contribution in [2.75, 3.05) is 0 Å². The van der Waals surface area contributed by atoms with E-state index in [9.17, 15) is 9.59 Å². The largest absolute Gasteiger partial charge is 0.437 e. The Morgan fingerprint density at radius 3 is 2.18 bits per heavy atom. The molecule has 5 heteroatoms. The van der Waals surface area contributed by atoms with Crippen molar-refractivity contribution in [1.29, 1.82) is 0 Å². The predicted octanol–water partition coefficient (Wildman–Crippen LogP) is 5.64. The number of rotatable bonds is 2. The van der Waals surface area contributed by atoms with Gasteiger partial charge in [-0.2, -0.15) is 0 Å². The third-order valence-electron chi connectivity index (χ3n) is 5.04. The minimum absolute atomic E-state index is 0.166. The number of nitrogens with zero attached hydrogens (tertiary/aromatic N) is 1. The molecule has 0 atom stereocenters. The van der Waals surface area contributed by atoms with Crippen LogP contribution in [0, 0.1) is 13.8 Å². The standard InChI is InChI=1S/C23H15NO3S/c1-12-8-15-16(9-13(12)2)22(26)17(21(15)25)10-20-24-23-19(28-20)11-18(27-23)14-6-4-3-5-7-14/h3-11H,1-2H3. The van der Waals surface area contributed by atoms with Crippen LogP contribution in [0.2, 0.25) is 0 Å². The summed E-state index contributed by atoms with van der Waals surface area (Å²) in [7, 11) is 0. The van der Waals surface area contributed by atoms with E-state index in [1.807, 2.05) is 50.2 Å². The first-order chi connectivity index (χ1) is 13.5. The molecule has 0 saturated carbocycles. The summed E-state index contributed by atoms with van der Waals surface area (Å²) in [6, 6.07) is 15.3. The van der Waals surface area contributed by atoms with Crippen molar-refractivity contribution in [2.24, 2.45) is 0 Å². The summed E-state index contributed by atoms with van der Waals surface area (Å²) in [4.78, 5) is 29.9. The maximum absolute atomic E-state index is 12.7. The lowest BCUT2D eigenvalue weighted by Gasteiger charge is -2.01. The Labute approximate surface area is 165 Å². The molecule has 0 amide bonds. The van der Waals surface area contributed by atoms with Crippen molar-refractivity contribution >= 4 is 39.4 Å². The number of hydrogen-bond donors (Lipinski definition) is 0. The Bertz CT molecular complexity index is 1230. The Hall–Kier alpha value is -3.31. The average Bonchev–Trinajstić information content (AvgIpc) is 3.31. The van der Waals surface area contributed by atoms with Crippen LogP contribution in [0.15, 0.2) is 58.5 Å². The van der Waals surface area contributed by atoms with Crippen LogP contribution in [0.25, 0.3) is 27.8 Å². The molecule has 1 aliphatic rings. The molecule has 136 valence electrons. The summed E-state index contributed by atoms with van der Waals surface area (Å²) in [5, 5.41) is 0.589. The van der Waals surface area contributed by atoms with Gasteiger partial charge >= 0.3 is 0 Å². The predicted molar refractivity (Wildman–Crippen MR) is 110 cm³/mol. The quantitative estimate of drug-likeness (QED) is 0.331. The van der Waals surface area contributed by atoms with Gasteiger partial charge in [0.2, 0.25) is 5.71 Å². The van der Waals surface area contributed by atoms with Crippen molar-refractivity contribution < 1.29 is 14.0 Å². The van der Waals surface area contributed by atoms with Gasteiger partial charge < -0.3 is 4.42 Å². The van der Waals surface area contributed by atoms with Gasteiger partial charge in [0.15, 0.2) is 11.6 Å². The second-order valence-corrected chi connectivity index (χ2v) is 7.96. The fourth-order valence-corrected chi connectivity index (χ4v) is 4.27. The Morgan fingerprint density at radius 1 is 0.929 bits per heavy atom. The summed E-state index contributed by atoms with van der Waals surface area (Å²) in [5.41, 5.74) is 4.62. The van der Waals surface area contributed by atoms with E-state index in [1.165, 1.54) is 11.3 Å². The van der Waals surface area contributed by atoms with E-state index in [-0.39, 0.29) is 17.1 Å². The number of ketones is 2. The molecule has 0 unspecified atom stereocenters. The molecule has 1 aliphatic carbocycles. The molecule has 0 aliphatic heterocycles. The van der Waals surface area contributed by atoms with Crippen LogP contribution in [0.4, 0.5) is 0 Å². The molecule has 0 spiro atoms. The van der Waals surface area contributed by atoms with E-state index in [4.69, 9.17) is 4.42 Å². The molecular weight excluding hydrogens is 370 g/mol. The lowest BCUT2D eigenvalue weighted by molar-refractivity contribution is 0.0990. The first-order valence-corrected chi connectivity index (χ1v) is 9.71. The summed E-state index contributed by atoms with van der Waals surface area (Å²) in [6.45, 7) is 3.88. The lowest BCUT2D eigenvalue weighted by atomic mass is 10.0. The lowest BCUT2D eigenvalue weighted by Crippen LogP contribution is -2.00. The monoisotopic (exact) mass is 385 g/mol. The number of aryl methyl sites for hydroxylation is 2. The molecule has 0 N–H and O–H groups in total. The van der Waals surface area contributed by atoms with Crippen molar-refractivity contribution in [3.05, 3.63) is 81.4 Å². The fraction of sp³-hybridized carbons (Fsp3) is 0.0870. The molecule has 28 heavy (non-hydrogen) atoms. The molecule has 4 nitrogen and oxygen atoms in total. The number of carbonyl (C=O) groups is 2. The van der Waals surface area contributed by atoms with Crippen molar-refractivity contribution in [1.82, 2.24) is 4.98 Å². The van der Waals surface area contributed by atoms with Crippen LogP contribution in [-0.4, -0.2) is 16.6 Å². The van der Waals surface area contributed by atoms with Crippen molar-refractivity contribution in [3.63, 3.8) is 0 Å². The van der Waals surface area contributed by atoms with Gasteiger partial charge in [-0.05, 0) is 43.2 Å². The molecule has 0 radical (unpaired) electrons. The van der Waals surface area contributed by atoms with Gasteiger partial charge in [-0.25, -0.2) is 4.98 Å². The molecule has 0 bridgehead atoms. The zero-order valence-corrected chi connectivity index (χ0v) is 16.1. The summed E-state index contributed by atoms with van der Waals surface area (Å²) < 4.78 is 6.73. The SMILES string of the molecule is Cc1cc2c(cc1C)C(=O)C(=Cc1nc3oc(-c4ccccc4)cc3s1)C2=O. The third-order valence-corrected chi connectivity index (χ3v) is 5.98. The Balaban J connectivity index is 1.53. The van der Waals surface area contributed by atoms with Crippen LogP contribution in [0.5, 0.6) is 0 Å².